The fourth-order valence-corrected chi connectivity index (χ4v) is 2.17. The van der Waals surface area contributed by atoms with Crippen molar-refractivity contribution in [1.29, 1.82) is 0 Å². The molecular weight excluding hydrogens is 172 g/mol. The Morgan fingerprint density at radius 2 is 2.33 bits per heavy atom. The van der Waals surface area contributed by atoms with Crippen molar-refractivity contribution < 1.29 is 4.79 Å². The van der Waals surface area contributed by atoms with Gasteiger partial charge in [-0.3, -0.25) is 4.79 Å². The smallest absolute Gasteiger partial charge is 0.239 e. The minimum absolute atomic E-state index is 0.0463. The molecule has 0 aromatic heterocycles. The summed E-state index contributed by atoms with van der Waals surface area (Å²) in [5.41, 5.74) is 4.90. The molecule has 0 aliphatic carbocycles. The molecule has 1 fully saturated rings. The maximum absolute atomic E-state index is 11.4. The second-order valence-corrected chi connectivity index (χ2v) is 4.91. The van der Waals surface area contributed by atoms with Crippen LogP contribution in [0.1, 0.15) is 20.3 Å². The van der Waals surface area contributed by atoms with Crippen LogP contribution >= 0.6 is 11.8 Å². The Morgan fingerprint density at radius 1 is 1.67 bits per heavy atom. The van der Waals surface area contributed by atoms with E-state index in [0.29, 0.717) is 6.04 Å². The summed E-state index contributed by atoms with van der Waals surface area (Å²) in [6.07, 6.45) is 1.08. The maximum Gasteiger partial charge on any atom is 0.239 e. The summed E-state index contributed by atoms with van der Waals surface area (Å²) in [4.78, 5) is 11.4. The van der Waals surface area contributed by atoms with Crippen LogP contribution in [0, 0.1) is 0 Å². The molecule has 0 aromatic carbocycles. The summed E-state index contributed by atoms with van der Waals surface area (Å²) in [7, 11) is 0. The van der Waals surface area contributed by atoms with Crippen LogP contribution in [0.5, 0.6) is 0 Å². The van der Waals surface area contributed by atoms with Gasteiger partial charge in [-0.1, -0.05) is 0 Å². The summed E-state index contributed by atoms with van der Waals surface area (Å²) in [5, 5.41) is 2.93. The zero-order valence-electron chi connectivity index (χ0n) is 7.59. The first-order valence-corrected chi connectivity index (χ1v) is 5.33. The standard InChI is InChI=1S/C8H16N2OS/c1-8(2,9)7(11)10-6-3-4-12-5-6/h6H,3-5,9H2,1-2H3,(H,10,11). The van der Waals surface area contributed by atoms with E-state index in [-0.39, 0.29) is 5.91 Å². The molecular formula is C8H16N2OS. The fraction of sp³-hybridized carbons (Fsp3) is 0.875. The lowest BCUT2D eigenvalue weighted by molar-refractivity contribution is -0.125. The van der Waals surface area contributed by atoms with Gasteiger partial charge in [0.15, 0.2) is 0 Å². The normalized spacial score (nSPS) is 24.1. The highest BCUT2D eigenvalue weighted by molar-refractivity contribution is 7.99. The van der Waals surface area contributed by atoms with Gasteiger partial charge in [-0.15, -0.1) is 0 Å². The minimum atomic E-state index is -0.743. The summed E-state index contributed by atoms with van der Waals surface area (Å²) in [6, 6.07) is 0.338. The number of thioether (sulfide) groups is 1. The van der Waals surface area contributed by atoms with Gasteiger partial charge >= 0.3 is 0 Å². The Morgan fingerprint density at radius 3 is 2.75 bits per heavy atom. The molecule has 0 bridgehead atoms. The van der Waals surface area contributed by atoms with E-state index < -0.39 is 5.54 Å². The quantitative estimate of drug-likeness (QED) is 0.657. The van der Waals surface area contributed by atoms with Crippen molar-refractivity contribution in [2.24, 2.45) is 5.73 Å². The van der Waals surface area contributed by atoms with Gasteiger partial charge in [-0.2, -0.15) is 11.8 Å². The summed E-state index contributed by atoms with van der Waals surface area (Å²) in [5.74, 6) is 2.13. The molecule has 70 valence electrons. The van der Waals surface area contributed by atoms with Crippen LogP contribution < -0.4 is 11.1 Å². The number of nitrogens with two attached hydrogens (primary N) is 1. The van der Waals surface area contributed by atoms with E-state index in [2.05, 4.69) is 5.32 Å². The van der Waals surface area contributed by atoms with E-state index in [0.717, 1.165) is 17.9 Å². The molecule has 12 heavy (non-hydrogen) atoms. The van der Waals surface area contributed by atoms with E-state index in [4.69, 9.17) is 5.73 Å². The lowest BCUT2D eigenvalue weighted by Crippen LogP contribution is -2.52. The van der Waals surface area contributed by atoms with Gasteiger partial charge in [0.25, 0.3) is 0 Å². The number of nitrogens with one attached hydrogen (secondary N) is 1. The monoisotopic (exact) mass is 188 g/mol. The molecule has 4 heteroatoms. The van der Waals surface area contributed by atoms with E-state index >= 15 is 0 Å². The van der Waals surface area contributed by atoms with Crippen LogP contribution in [0.4, 0.5) is 0 Å². The lowest BCUT2D eigenvalue weighted by Gasteiger charge is -2.20. The molecule has 1 aliphatic rings. The van der Waals surface area contributed by atoms with Crippen LogP contribution in [0.25, 0.3) is 0 Å². The minimum Gasteiger partial charge on any atom is -0.351 e. The molecule has 0 radical (unpaired) electrons. The van der Waals surface area contributed by atoms with Crippen molar-refractivity contribution in [2.75, 3.05) is 11.5 Å². The Hall–Kier alpha value is -0.220. The molecule has 3 nitrogen and oxygen atoms in total. The predicted octanol–water partition coefficient (Wildman–Crippen LogP) is 0.345. The van der Waals surface area contributed by atoms with Crippen LogP contribution in [0.15, 0.2) is 0 Å². The predicted molar refractivity (Wildman–Crippen MR) is 52.1 cm³/mol. The van der Waals surface area contributed by atoms with Crippen LogP contribution in [-0.4, -0.2) is 29.0 Å². The number of carbonyl (C=O) groups is 1. The molecule has 3 N–H and O–H groups in total. The Labute approximate surface area is 77.5 Å². The number of rotatable bonds is 2. The number of hydrogen-bond acceptors (Lipinski definition) is 3. The number of carbonyl (C=O) groups excluding carboxylic acids is 1. The molecule has 1 rings (SSSR count). The number of amides is 1. The van der Waals surface area contributed by atoms with Crippen molar-refractivity contribution in [3.05, 3.63) is 0 Å². The van der Waals surface area contributed by atoms with Gasteiger partial charge in [-0.25, -0.2) is 0 Å². The molecule has 1 heterocycles. The van der Waals surface area contributed by atoms with Crippen LogP contribution in [-0.2, 0) is 4.79 Å². The summed E-state index contributed by atoms with van der Waals surface area (Å²) < 4.78 is 0. The van der Waals surface area contributed by atoms with Gasteiger partial charge in [0, 0.05) is 11.8 Å². The summed E-state index contributed by atoms with van der Waals surface area (Å²) in [6.45, 7) is 3.45. The first kappa shape index (κ1) is 9.86. The first-order chi connectivity index (χ1) is 5.50. The third-order valence-corrected chi connectivity index (χ3v) is 3.01. The second-order valence-electron chi connectivity index (χ2n) is 3.76. The summed E-state index contributed by atoms with van der Waals surface area (Å²) >= 11 is 1.88. The molecule has 1 unspecified atom stereocenters. The molecule has 0 spiro atoms. The first-order valence-electron chi connectivity index (χ1n) is 4.18. The van der Waals surface area contributed by atoms with Gasteiger partial charge in [-0.05, 0) is 26.0 Å². The van der Waals surface area contributed by atoms with E-state index in [1.807, 2.05) is 11.8 Å². The Balaban J connectivity index is 2.35. The molecule has 0 saturated carbocycles. The molecule has 1 saturated heterocycles. The van der Waals surface area contributed by atoms with Crippen LogP contribution in [0.2, 0.25) is 0 Å². The number of hydrogen-bond donors (Lipinski definition) is 2. The van der Waals surface area contributed by atoms with E-state index in [1.165, 1.54) is 0 Å². The molecule has 0 aromatic rings. The van der Waals surface area contributed by atoms with Crippen molar-refractivity contribution >= 4 is 17.7 Å². The molecule has 1 amide bonds. The largest absolute Gasteiger partial charge is 0.351 e. The van der Waals surface area contributed by atoms with Crippen molar-refractivity contribution in [2.45, 2.75) is 31.8 Å². The van der Waals surface area contributed by atoms with Gasteiger partial charge in [0.1, 0.15) is 0 Å². The molecule has 1 aliphatic heterocycles. The zero-order valence-corrected chi connectivity index (χ0v) is 8.41. The third-order valence-electron chi connectivity index (χ3n) is 1.85. The third kappa shape index (κ3) is 2.68. The van der Waals surface area contributed by atoms with Crippen molar-refractivity contribution in [3.63, 3.8) is 0 Å². The highest BCUT2D eigenvalue weighted by Gasteiger charge is 2.25. The van der Waals surface area contributed by atoms with Crippen LogP contribution in [0.3, 0.4) is 0 Å². The average molecular weight is 188 g/mol. The fourth-order valence-electron chi connectivity index (χ4n) is 1.02. The lowest BCUT2D eigenvalue weighted by atomic mass is 10.1. The Kier molecular flexibility index (Phi) is 3.01. The topological polar surface area (TPSA) is 55.1 Å². The second kappa shape index (κ2) is 3.66. The highest BCUT2D eigenvalue weighted by Crippen LogP contribution is 2.17. The Bertz CT molecular complexity index is 170. The van der Waals surface area contributed by atoms with Gasteiger partial charge in [0.05, 0.1) is 5.54 Å². The average Bonchev–Trinajstić information content (AvgIpc) is 2.37. The van der Waals surface area contributed by atoms with Crippen molar-refractivity contribution in [3.8, 4) is 0 Å². The van der Waals surface area contributed by atoms with Gasteiger partial charge < -0.3 is 11.1 Å². The van der Waals surface area contributed by atoms with Crippen molar-refractivity contribution in [1.82, 2.24) is 5.32 Å². The SMILES string of the molecule is CC(C)(N)C(=O)NC1CCSC1. The molecule has 1 atom stereocenters. The van der Waals surface area contributed by atoms with E-state index in [1.54, 1.807) is 13.8 Å². The maximum atomic E-state index is 11.4. The van der Waals surface area contributed by atoms with E-state index in [9.17, 15) is 4.79 Å². The highest BCUT2D eigenvalue weighted by atomic mass is 32.2. The van der Waals surface area contributed by atoms with Gasteiger partial charge in [0.2, 0.25) is 5.91 Å². The zero-order chi connectivity index (χ0) is 9.19.